The van der Waals surface area contributed by atoms with Crippen molar-refractivity contribution in [3.63, 3.8) is 0 Å². The molecule has 0 heterocycles. The number of nitrogens with one attached hydrogen (secondary N) is 1. The molecule has 1 saturated carbocycles. The monoisotopic (exact) mass is 290 g/mol. The third-order valence-corrected chi connectivity index (χ3v) is 4.78. The number of benzene rings is 1. The molecule has 0 aromatic heterocycles. The van der Waals surface area contributed by atoms with Crippen molar-refractivity contribution < 1.29 is 17.2 Å². The number of halogens is 2. The molecule has 0 aliphatic heterocycles. The molecule has 0 unspecified atom stereocenters. The minimum absolute atomic E-state index is 0.0524. The fourth-order valence-electron chi connectivity index (χ4n) is 2.26. The first-order chi connectivity index (χ1) is 8.94. The van der Waals surface area contributed by atoms with Gasteiger partial charge < -0.3 is 5.73 Å². The summed E-state index contributed by atoms with van der Waals surface area (Å²) in [4.78, 5) is -0.667. The standard InChI is InChI=1S/C12H16F2N2O2S/c13-10-5-8(7-15)6-11(12(10)14)19(17,18)16-9-3-1-2-4-9/h5-6,9,16H,1-4,7,15H2. The van der Waals surface area contributed by atoms with Crippen LogP contribution in [0.25, 0.3) is 0 Å². The zero-order valence-electron chi connectivity index (χ0n) is 10.3. The van der Waals surface area contributed by atoms with Gasteiger partial charge in [0.1, 0.15) is 4.90 Å². The molecule has 3 N–H and O–H groups in total. The maximum atomic E-state index is 13.7. The van der Waals surface area contributed by atoms with Crippen LogP contribution < -0.4 is 10.5 Å². The Morgan fingerprint density at radius 2 is 1.89 bits per heavy atom. The SMILES string of the molecule is NCc1cc(F)c(F)c(S(=O)(=O)NC2CCCC2)c1. The topological polar surface area (TPSA) is 72.2 Å². The van der Waals surface area contributed by atoms with Gasteiger partial charge in [-0.05, 0) is 30.5 Å². The highest BCUT2D eigenvalue weighted by Crippen LogP contribution is 2.23. The van der Waals surface area contributed by atoms with E-state index in [-0.39, 0.29) is 18.2 Å². The van der Waals surface area contributed by atoms with Crippen LogP contribution in [0.4, 0.5) is 8.78 Å². The summed E-state index contributed by atoms with van der Waals surface area (Å²) in [5.74, 6) is -2.56. The molecular weight excluding hydrogens is 274 g/mol. The lowest BCUT2D eigenvalue weighted by molar-refractivity contribution is 0.479. The fourth-order valence-corrected chi connectivity index (χ4v) is 3.70. The highest BCUT2D eigenvalue weighted by atomic mass is 32.2. The Bertz CT molecular complexity index is 569. The molecule has 1 aromatic carbocycles. The highest BCUT2D eigenvalue weighted by Gasteiger charge is 2.27. The average molecular weight is 290 g/mol. The Hall–Kier alpha value is -1.05. The van der Waals surface area contributed by atoms with Gasteiger partial charge in [0.25, 0.3) is 0 Å². The van der Waals surface area contributed by atoms with Gasteiger partial charge in [-0.3, -0.25) is 0 Å². The molecule has 0 radical (unpaired) electrons. The summed E-state index contributed by atoms with van der Waals surface area (Å²) >= 11 is 0. The van der Waals surface area contributed by atoms with Gasteiger partial charge in [0.15, 0.2) is 11.6 Å². The molecule has 1 aliphatic carbocycles. The second-order valence-electron chi connectivity index (χ2n) is 4.70. The molecule has 1 aromatic rings. The van der Waals surface area contributed by atoms with E-state index in [1.807, 2.05) is 0 Å². The van der Waals surface area contributed by atoms with Crippen molar-refractivity contribution in [3.8, 4) is 0 Å². The zero-order chi connectivity index (χ0) is 14.0. The normalized spacial score (nSPS) is 17.0. The molecule has 19 heavy (non-hydrogen) atoms. The van der Waals surface area contributed by atoms with Gasteiger partial charge in [0, 0.05) is 12.6 Å². The number of nitrogens with two attached hydrogens (primary N) is 1. The minimum atomic E-state index is -4.05. The third kappa shape index (κ3) is 3.10. The predicted molar refractivity (Wildman–Crippen MR) is 66.8 cm³/mol. The fraction of sp³-hybridized carbons (Fsp3) is 0.500. The quantitative estimate of drug-likeness (QED) is 0.885. The number of hydrogen-bond donors (Lipinski definition) is 2. The Morgan fingerprint density at radius 1 is 1.26 bits per heavy atom. The van der Waals surface area contributed by atoms with Crippen molar-refractivity contribution in [1.82, 2.24) is 4.72 Å². The van der Waals surface area contributed by atoms with Crippen LogP contribution in [0.2, 0.25) is 0 Å². The summed E-state index contributed by atoms with van der Waals surface area (Å²) in [5, 5.41) is 0. The predicted octanol–water partition coefficient (Wildman–Crippen LogP) is 1.64. The number of hydrogen-bond acceptors (Lipinski definition) is 3. The highest BCUT2D eigenvalue weighted by molar-refractivity contribution is 7.89. The molecule has 0 spiro atoms. The summed E-state index contributed by atoms with van der Waals surface area (Å²) < 4.78 is 53.6. The molecule has 1 fully saturated rings. The van der Waals surface area contributed by atoms with Crippen LogP contribution in [0, 0.1) is 11.6 Å². The molecular formula is C12H16F2N2O2S. The Labute approximate surface area is 111 Å². The van der Waals surface area contributed by atoms with Crippen LogP contribution in [0.15, 0.2) is 17.0 Å². The van der Waals surface area contributed by atoms with Crippen LogP contribution in [0.5, 0.6) is 0 Å². The van der Waals surface area contributed by atoms with E-state index >= 15 is 0 Å². The lowest BCUT2D eigenvalue weighted by Crippen LogP contribution is -2.33. The molecule has 106 valence electrons. The molecule has 0 amide bonds. The zero-order valence-corrected chi connectivity index (χ0v) is 11.1. The van der Waals surface area contributed by atoms with Gasteiger partial charge in [-0.25, -0.2) is 21.9 Å². The summed E-state index contributed by atoms with van der Waals surface area (Å²) in [6.45, 7) is -0.0524. The third-order valence-electron chi connectivity index (χ3n) is 3.26. The van der Waals surface area contributed by atoms with Crippen LogP contribution in [0.1, 0.15) is 31.2 Å². The van der Waals surface area contributed by atoms with Crippen LogP contribution in [-0.4, -0.2) is 14.5 Å². The summed E-state index contributed by atoms with van der Waals surface area (Å²) in [6.07, 6.45) is 3.32. The Morgan fingerprint density at radius 3 is 2.47 bits per heavy atom. The molecule has 4 nitrogen and oxygen atoms in total. The Balaban J connectivity index is 2.36. The summed E-state index contributed by atoms with van der Waals surface area (Å²) in [7, 11) is -4.05. The van der Waals surface area contributed by atoms with E-state index < -0.39 is 26.6 Å². The second kappa shape index (κ2) is 5.52. The van der Waals surface area contributed by atoms with E-state index in [1.165, 1.54) is 0 Å². The maximum Gasteiger partial charge on any atom is 0.243 e. The lowest BCUT2D eigenvalue weighted by Gasteiger charge is -2.14. The second-order valence-corrected chi connectivity index (χ2v) is 6.38. The smallest absolute Gasteiger partial charge is 0.243 e. The van der Waals surface area contributed by atoms with Crippen molar-refractivity contribution in [2.75, 3.05) is 0 Å². The molecule has 0 saturated heterocycles. The minimum Gasteiger partial charge on any atom is -0.326 e. The van der Waals surface area contributed by atoms with Crippen molar-refractivity contribution in [2.24, 2.45) is 5.73 Å². The van der Waals surface area contributed by atoms with Gasteiger partial charge in [0.2, 0.25) is 10.0 Å². The molecule has 7 heteroatoms. The summed E-state index contributed by atoms with van der Waals surface area (Å²) in [6, 6.07) is 1.79. The molecule has 1 aliphatic rings. The molecule has 0 bridgehead atoms. The van der Waals surface area contributed by atoms with Gasteiger partial charge in [-0.1, -0.05) is 12.8 Å². The van der Waals surface area contributed by atoms with Crippen molar-refractivity contribution in [3.05, 3.63) is 29.3 Å². The maximum absolute atomic E-state index is 13.7. The van der Waals surface area contributed by atoms with E-state index in [9.17, 15) is 17.2 Å². The van der Waals surface area contributed by atoms with Crippen molar-refractivity contribution >= 4 is 10.0 Å². The number of sulfonamides is 1. The van der Waals surface area contributed by atoms with E-state index in [0.717, 1.165) is 37.8 Å². The molecule has 0 atom stereocenters. The lowest BCUT2D eigenvalue weighted by atomic mass is 10.2. The van der Waals surface area contributed by atoms with E-state index in [1.54, 1.807) is 0 Å². The summed E-state index contributed by atoms with van der Waals surface area (Å²) in [5.41, 5.74) is 5.58. The Kier molecular flexibility index (Phi) is 4.17. The van der Waals surface area contributed by atoms with Crippen molar-refractivity contribution in [2.45, 2.75) is 43.2 Å². The van der Waals surface area contributed by atoms with E-state index in [4.69, 9.17) is 5.73 Å². The van der Waals surface area contributed by atoms with E-state index in [0.29, 0.717) is 0 Å². The van der Waals surface area contributed by atoms with Gasteiger partial charge in [-0.2, -0.15) is 0 Å². The van der Waals surface area contributed by atoms with Crippen LogP contribution in [0.3, 0.4) is 0 Å². The first-order valence-electron chi connectivity index (χ1n) is 6.14. The first kappa shape index (κ1) is 14.4. The van der Waals surface area contributed by atoms with Crippen molar-refractivity contribution in [1.29, 1.82) is 0 Å². The van der Waals surface area contributed by atoms with E-state index in [2.05, 4.69) is 4.72 Å². The van der Waals surface area contributed by atoms with Crippen LogP contribution >= 0.6 is 0 Å². The largest absolute Gasteiger partial charge is 0.326 e. The van der Waals surface area contributed by atoms with Gasteiger partial charge >= 0.3 is 0 Å². The van der Waals surface area contributed by atoms with Gasteiger partial charge in [0.05, 0.1) is 0 Å². The molecule has 2 rings (SSSR count). The first-order valence-corrected chi connectivity index (χ1v) is 7.62. The van der Waals surface area contributed by atoms with Crippen LogP contribution in [-0.2, 0) is 16.6 Å². The average Bonchev–Trinajstić information content (AvgIpc) is 2.84. The number of rotatable bonds is 4. The van der Waals surface area contributed by atoms with Gasteiger partial charge in [-0.15, -0.1) is 0 Å².